The van der Waals surface area contributed by atoms with Crippen molar-refractivity contribution in [1.82, 2.24) is 10.6 Å². The zero-order chi connectivity index (χ0) is 13.7. The number of nitrogens with one attached hydrogen (secondary N) is 2. The van der Waals surface area contributed by atoms with Crippen LogP contribution in [-0.4, -0.2) is 29.5 Å². The van der Waals surface area contributed by atoms with Crippen molar-refractivity contribution in [1.29, 1.82) is 0 Å². The van der Waals surface area contributed by atoms with Crippen LogP contribution in [0.3, 0.4) is 0 Å². The second-order valence-corrected chi connectivity index (χ2v) is 4.41. The third-order valence-corrected chi connectivity index (χ3v) is 2.32. The third kappa shape index (κ3) is 4.08. The minimum atomic E-state index is -0.336. The van der Waals surface area contributed by atoms with Gasteiger partial charge in [0.15, 0.2) is 0 Å². The van der Waals surface area contributed by atoms with E-state index in [1.54, 1.807) is 13.0 Å². The molecule has 2 amide bonds. The molecule has 18 heavy (non-hydrogen) atoms. The number of carbonyl (C=O) groups is 2. The maximum Gasteiger partial charge on any atom is 0.251 e. The van der Waals surface area contributed by atoms with Crippen LogP contribution in [-0.2, 0) is 4.79 Å². The lowest BCUT2D eigenvalue weighted by atomic mass is 10.1. The number of carbonyl (C=O) groups excluding carboxylic acids is 2. The Bertz CT molecular complexity index is 456. The summed E-state index contributed by atoms with van der Waals surface area (Å²) in [7, 11) is 0. The first-order valence-electron chi connectivity index (χ1n) is 5.77. The van der Waals surface area contributed by atoms with Gasteiger partial charge >= 0.3 is 0 Å². The van der Waals surface area contributed by atoms with Gasteiger partial charge in [-0.05, 0) is 44.5 Å². The van der Waals surface area contributed by atoms with Crippen LogP contribution in [0.1, 0.15) is 29.8 Å². The number of hydrogen-bond donors (Lipinski definition) is 3. The van der Waals surface area contributed by atoms with Crippen LogP contribution in [0, 0.1) is 6.92 Å². The summed E-state index contributed by atoms with van der Waals surface area (Å²) in [5, 5.41) is 14.5. The van der Waals surface area contributed by atoms with Gasteiger partial charge in [0, 0.05) is 11.6 Å². The third-order valence-electron chi connectivity index (χ3n) is 2.32. The molecule has 0 fully saturated rings. The molecular weight excluding hydrogens is 232 g/mol. The highest BCUT2D eigenvalue weighted by Gasteiger charge is 2.09. The summed E-state index contributed by atoms with van der Waals surface area (Å²) in [6, 6.07) is 4.59. The summed E-state index contributed by atoms with van der Waals surface area (Å²) in [6.07, 6.45) is 0. The largest absolute Gasteiger partial charge is 0.508 e. The van der Waals surface area contributed by atoms with E-state index in [1.807, 2.05) is 13.8 Å². The summed E-state index contributed by atoms with van der Waals surface area (Å²) in [4.78, 5) is 23.1. The zero-order valence-corrected chi connectivity index (χ0v) is 10.8. The Hall–Kier alpha value is -2.04. The van der Waals surface area contributed by atoms with E-state index in [1.165, 1.54) is 12.1 Å². The molecule has 1 rings (SSSR count). The van der Waals surface area contributed by atoms with Crippen molar-refractivity contribution in [2.45, 2.75) is 26.8 Å². The summed E-state index contributed by atoms with van der Waals surface area (Å²) in [5.41, 5.74) is 1.04. The fraction of sp³-hybridized carbons (Fsp3) is 0.385. The quantitative estimate of drug-likeness (QED) is 0.744. The fourth-order valence-corrected chi connectivity index (χ4v) is 1.43. The van der Waals surface area contributed by atoms with Crippen molar-refractivity contribution in [3.05, 3.63) is 29.3 Å². The summed E-state index contributed by atoms with van der Waals surface area (Å²) in [5.74, 6) is -0.421. The Morgan fingerprint density at radius 2 is 2.00 bits per heavy atom. The van der Waals surface area contributed by atoms with E-state index in [-0.39, 0.29) is 30.2 Å². The second-order valence-electron chi connectivity index (χ2n) is 4.41. The lowest BCUT2D eigenvalue weighted by Crippen LogP contribution is -2.39. The highest BCUT2D eigenvalue weighted by Crippen LogP contribution is 2.16. The highest BCUT2D eigenvalue weighted by atomic mass is 16.3. The van der Waals surface area contributed by atoms with Gasteiger partial charge in [0.1, 0.15) is 5.75 Å². The van der Waals surface area contributed by atoms with Crippen LogP contribution in [0.4, 0.5) is 0 Å². The lowest BCUT2D eigenvalue weighted by Gasteiger charge is -2.09. The molecular formula is C13H18N2O3. The van der Waals surface area contributed by atoms with Crippen LogP contribution in [0.15, 0.2) is 18.2 Å². The monoisotopic (exact) mass is 250 g/mol. The molecule has 1 aromatic rings. The van der Waals surface area contributed by atoms with Gasteiger partial charge in [-0.25, -0.2) is 0 Å². The van der Waals surface area contributed by atoms with Crippen LogP contribution in [0.2, 0.25) is 0 Å². The van der Waals surface area contributed by atoms with Gasteiger partial charge in [0.2, 0.25) is 5.91 Å². The predicted molar refractivity (Wildman–Crippen MR) is 68.5 cm³/mol. The summed E-state index contributed by atoms with van der Waals surface area (Å²) < 4.78 is 0. The number of hydrogen-bond acceptors (Lipinski definition) is 3. The Labute approximate surface area is 106 Å². The average Bonchev–Trinajstić information content (AvgIpc) is 2.28. The van der Waals surface area contributed by atoms with Gasteiger partial charge < -0.3 is 15.7 Å². The summed E-state index contributed by atoms with van der Waals surface area (Å²) in [6.45, 7) is 5.35. The molecule has 0 aliphatic heterocycles. The minimum Gasteiger partial charge on any atom is -0.508 e. The molecule has 0 aliphatic rings. The Morgan fingerprint density at radius 1 is 1.33 bits per heavy atom. The first kappa shape index (κ1) is 14.0. The first-order chi connectivity index (χ1) is 8.40. The maximum atomic E-state index is 11.7. The molecule has 0 heterocycles. The van der Waals surface area contributed by atoms with Gasteiger partial charge in [0.05, 0.1) is 6.54 Å². The van der Waals surface area contributed by atoms with Crippen molar-refractivity contribution in [3.8, 4) is 5.75 Å². The van der Waals surface area contributed by atoms with Crippen LogP contribution in [0.25, 0.3) is 0 Å². The van der Waals surface area contributed by atoms with E-state index >= 15 is 0 Å². The van der Waals surface area contributed by atoms with Crippen LogP contribution >= 0.6 is 0 Å². The standard InChI is InChI=1S/C13H18N2O3/c1-8(2)15-12(17)7-14-13(18)10-4-5-11(16)9(3)6-10/h4-6,8,16H,7H2,1-3H3,(H,14,18)(H,15,17). The van der Waals surface area contributed by atoms with Crippen molar-refractivity contribution in [2.24, 2.45) is 0 Å². The van der Waals surface area contributed by atoms with Gasteiger partial charge in [-0.3, -0.25) is 9.59 Å². The molecule has 0 saturated heterocycles. The Balaban J connectivity index is 2.55. The molecule has 0 bridgehead atoms. The molecule has 0 aromatic heterocycles. The van der Waals surface area contributed by atoms with Gasteiger partial charge in [0.25, 0.3) is 5.91 Å². The maximum absolute atomic E-state index is 11.7. The zero-order valence-electron chi connectivity index (χ0n) is 10.8. The number of amides is 2. The summed E-state index contributed by atoms with van der Waals surface area (Å²) >= 11 is 0. The number of aromatic hydroxyl groups is 1. The molecule has 5 nitrogen and oxygen atoms in total. The lowest BCUT2D eigenvalue weighted by molar-refractivity contribution is -0.120. The number of rotatable bonds is 4. The van der Waals surface area contributed by atoms with E-state index < -0.39 is 0 Å². The van der Waals surface area contributed by atoms with Crippen molar-refractivity contribution in [3.63, 3.8) is 0 Å². The van der Waals surface area contributed by atoms with Gasteiger partial charge in [-0.2, -0.15) is 0 Å². The van der Waals surface area contributed by atoms with E-state index in [4.69, 9.17) is 0 Å². The number of benzene rings is 1. The van der Waals surface area contributed by atoms with E-state index in [2.05, 4.69) is 10.6 Å². The molecule has 0 saturated carbocycles. The molecule has 0 spiro atoms. The number of phenolic OH excluding ortho intramolecular Hbond substituents is 1. The minimum absolute atomic E-state index is 0.0466. The molecule has 1 aromatic carbocycles. The number of aryl methyl sites for hydroxylation is 1. The van der Waals surface area contributed by atoms with Crippen LogP contribution in [0.5, 0.6) is 5.75 Å². The molecule has 98 valence electrons. The molecule has 5 heteroatoms. The normalized spacial score (nSPS) is 10.2. The van der Waals surface area contributed by atoms with E-state index in [9.17, 15) is 14.7 Å². The first-order valence-corrected chi connectivity index (χ1v) is 5.77. The van der Waals surface area contributed by atoms with Crippen LogP contribution < -0.4 is 10.6 Å². The Morgan fingerprint density at radius 3 is 2.56 bits per heavy atom. The molecule has 0 radical (unpaired) electrons. The molecule has 0 unspecified atom stereocenters. The fourth-order valence-electron chi connectivity index (χ4n) is 1.43. The van der Waals surface area contributed by atoms with Crippen molar-refractivity contribution >= 4 is 11.8 Å². The van der Waals surface area contributed by atoms with Crippen molar-refractivity contribution < 1.29 is 14.7 Å². The second kappa shape index (κ2) is 6.05. The van der Waals surface area contributed by atoms with Crippen molar-refractivity contribution in [2.75, 3.05) is 6.54 Å². The van der Waals surface area contributed by atoms with Gasteiger partial charge in [-0.1, -0.05) is 0 Å². The average molecular weight is 250 g/mol. The molecule has 0 atom stereocenters. The van der Waals surface area contributed by atoms with E-state index in [0.717, 1.165) is 0 Å². The van der Waals surface area contributed by atoms with E-state index in [0.29, 0.717) is 11.1 Å². The smallest absolute Gasteiger partial charge is 0.251 e. The van der Waals surface area contributed by atoms with Gasteiger partial charge in [-0.15, -0.1) is 0 Å². The predicted octanol–water partition coefficient (Wildman–Crippen LogP) is 0.955. The highest BCUT2D eigenvalue weighted by molar-refractivity contribution is 5.96. The molecule has 0 aliphatic carbocycles. The SMILES string of the molecule is Cc1cc(C(=O)NCC(=O)NC(C)C)ccc1O. The Kier molecular flexibility index (Phi) is 4.71. The molecule has 3 N–H and O–H groups in total. The topological polar surface area (TPSA) is 78.4 Å². The number of phenols is 1.